The Morgan fingerprint density at radius 3 is 3.00 bits per heavy atom. The van der Waals surface area contributed by atoms with E-state index in [2.05, 4.69) is 18.5 Å². The number of hydrogen-bond donors (Lipinski definition) is 1. The Labute approximate surface area is 100 Å². The van der Waals surface area contributed by atoms with Crippen molar-refractivity contribution in [3.63, 3.8) is 0 Å². The van der Waals surface area contributed by atoms with Gasteiger partial charge >= 0.3 is 0 Å². The normalized spacial score (nSPS) is 19.4. The zero-order valence-corrected chi connectivity index (χ0v) is 9.92. The highest BCUT2D eigenvalue weighted by atomic mass is 16.1. The molecule has 2 heteroatoms. The summed E-state index contributed by atoms with van der Waals surface area (Å²) in [6.07, 6.45) is 3.45. The molecular weight excluding hydrogens is 210 g/mol. The third-order valence-electron chi connectivity index (χ3n) is 3.50. The van der Waals surface area contributed by atoms with Crippen molar-refractivity contribution >= 4 is 22.8 Å². The number of Topliss-reactive ketones (excluding diaryl/α,β-unsaturated/α-hetero) is 1. The van der Waals surface area contributed by atoms with Crippen LogP contribution in [0.2, 0.25) is 0 Å². The van der Waals surface area contributed by atoms with Gasteiger partial charge in [0.05, 0.1) is 0 Å². The zero-order valence-electron chi connectivity index (χ0n) is 9.92. The summed E-state index contributed by atoms with van der Waals surface area (Å²) in [6, 6.07) is 6.10. The summed E-state index contributed by atoms with van der Waals surface area (Å²) < 4.78 is 0. The highest BCUT2D eigenvalue weighted by Crippen LogP contribution is 2.32. The molecule has 17 heavy (non-hydrogen) atoms. The Hall–Kier alpha value is -1.83. The first kappa shape index (κ1) is 10.3. The average Bonchev–Trinajstić information content (AvgIpc) is 2.65. The maximum Gasteiger partial charge on any atom is 0.165 e. The molecule has 0 radical (unpaired) electrons. The van der Waals surface area contributed by atoms with Crippen LogP contribution in [0.5, 0.6) is 0 Å². The minimum atomic E-state index is 0.270. The van der Waals surface area contributed by atoms with Gasteiger partial charge in [0.2, 0.25) is 0 Å². The maximum absolute atomic E-state index is 12.1. The number of aromatic amines is 1. The van der Waals surface area contributed by atoms with E-state index in [1.165, 1.54) is 0 Å². The van der Waals surface area contributed by atoms with Crippen LogP contribution in [0.4, 0.5) is 0 Å². The Kier molecular flexibility index (Phi) is 2.18. The first-order valence-corrected chi connectivity index (χ1v) is 5.99. The van der Waals surface area contributed by atoms with Crippen LogP contribution >= 0.6 is 0 Å². The van der Waals surface area contributed by atoms with Crippen LogP contribution in [0.25, 0.3) is 17.0 Å². The summed E-state index contributed by atoms with van der Waals surface area (Å²) >= 11 is 0. The Morgan fingerprint density at radius 1 is 1.41 bits per heavy atom. The molecule has 1 aliphatic carbocycles. The fourth-order valence-electron chi connectivity index (χ4n) is 2.70. The Morgan fingerprint density at radius 2 is 2.24 bits per heavy atom. The van der Waals surface area contributed by atoms with E-state index in [1.807, 2.05) is 24.3 Å². The lowest BCUT2D eigenvalue weighted by Crippen LogP contribution is -2.16. The lowest BCUT2D eigenvalue weighted by Gasteiger charge is -2.16. The summed E-state index contributed by atoms with van der Waals surface area (Å²) in [6.45, 7) is 5.90. The standard InChI is InChI=1S/C15H15NO/c1-3-10-4-5-12-11(8-10)15-13(16-12)6-9(2)7-14(15)17/h3-5,8-9,16H,1,6-7H2,2H3. The fraction of sp³-hybridized carbons (Fsp3) is 0.267. The third-order valence-corrected chi connectivity index (χ3v) is 3.50. The summed E-state index contributed by atoms with van der Waals surface area (Å²) in [4.78, 5) is 15.5. The largest absolute Gasteiger partial charge is 0.358 e. The first-order chi connectivity index (χ1) is 8.19. The zero-order chi connectivity index (χ0) is 12.0. The van der Waals surface area contributed by atoms with E-state index in [1.54, 1.807) is 0 Å². The van der Waals surface area contributed by atoms with Crippen molar-refractivity contribution < 1.29 is 4.79 Å². The number of carbonyl (C=O) groups excluding carboxylic acids is 1. The number of H-pyrrole nitrogens is 1. The molecule has 0 fully saturated rings. The highest BCUT2D eigenvalue weighted by molar-refractivity contribution is 6.10. The number of carbonyl (C=O) groups is 1. The predicted molar refractivity (Wildman–Crippen MR) is 70.2 cm³/mol. The molecule has 0 bridgehead atoms. The van der Waals surface area contributed by atoms with Crippen LogP contribution in [0, 0.1) is 5.92 Å². The molecular formula is C15H15NO. The van der Waals surface area contributed by atoms with Crippen molar-refractivity contribution in [1.29, 1.82) is 0 Å². The minimum absolute atomic E-state index is 0.270. The van der Waals surface area contributed by atoms with Crippen molar-refractivity contribution in [3.05, 3.63) is 41.6 Å². The van der Waals surface area contributed by atoms with E-state index in [-0.39, 0.29) is 5.78 Å². The van der Waals surface area contributed by atoms with Crippen LogP contribution in [0.3, 0.4) is 0 Å². The molecule has 1 heterocycles. The quantitative estimate of drug-likeness (QED) is 0.790. The summed E-state index contributed by atoms with van der Waals surface area (Å²) in [7, 11) is 0. The maximum atomic E-state index is 12.1. The number of ketones is 1. The van der Waals surface area contributed by atoms with Gasteiger partial charge in [-0.1, -0.05) is 25.6 Å². The van der Waals surface area contributed by atoms with Gasteiger partial charge < -0.3 is 4.98 Å². The second-order valence-electron chi connectivity index (χ2n) is 4.92. The van der Waals surface area contributed by atoms with Gasteiger partial charge in [-0.05, 0) is 30.0 Å². The van der Waals surface area contributed by atoms with Crippen LogP contribution < -0.4 is 0 Å². The highest BCUT2D eigenvalue weighted by Gasteiger charge is 2.26. The number of aromatic nitrogens is 1. The lowest BCUT2D eigenvalue weighted by atomic mass is 9.87. The molecule has 1 N–H and O–H groups in total. The summed E-state index contributed by atoms with van der Waals surface area (Å²) in [5.41, 5.74) is 4.13. The number of nitrogens with one attached hydrogen (secondary N) is 1. The van der Waals surface area contributed by atoms with E-state index in [9.17, 15) is 4.79 Å². The number of hydrogen-bond acceptors (Lipinski definition) is 1. The third kappa shape index (κ3) is 1.52. The SMILES string of the molecule is C=Cc1ccc2[nH]c3c(c2c1)C(=O)CC(C)C3. The molecule has 2 nitrogen and oxygen atoms in total. The molecule has 1 aliphatic rings. The van der Waals surface area contributed by atoms with Gasteiger partial charge in [-0.15, -0.1) is 0 Å². The smallest absolute Gasteiger partial charge is 0.165 e. The van der Waals surface area contributed by atoms with E-state index < -0.39 is 0 Å². The fourth-order valence-corrected chi connectivity index (χ4v) is 2.70. The number of rotatable bonds is 1. The average molecular weight is 225 g/mol. The molecule has 0 saturated carbocycles. The summed E-state index contributed by atoms with van der Waals surface area (Å²) in [5.74, 6) is 0.716. The number of benzene rings is 1. The molecule has 0 spiro atoms. The number of fused-ring (bicyclic) bond motifs is 3. The van der Waals surface area contributed by atoms with Crippen LogP contribution in [-0.4, -0.2) is 10.8 Å². The van der Waals surface area contributed by atoms with Crippen molar-refractivity contribution in [2.24, 2.45) is 5.92 Å². The van der Waals surface area contributed by atoms with E-state index >= 15 is 0 Å². The van der Waals surface area contributed by atoms with Crippen LogP contribution in [0.15, 0.2) is 24.8 Å². The predicted octanol–water partition coefficient (Wildman–Crippen LogP) is 3.58. The molecule has 3 rings (SSSR count). The van der Waals surface area contributed by atoms with Gasteiger partial charge in [0.15, 0.2) is 5.78 Å². The topological polar surface area (TPSA) is 32.9 Å². The van der Waals surface area contributed by atoms with Crippen LogP contribution in [0.1, 0.15) is 35.0 Å². The van der Waals surface area contributed by atoms with Crippen molar-refractivity contribution in [1.82, 2.24) is 4.98 Å². The minimum Gasteiger partial charge on any atom is -0.358 e. The van der Waals surface area contributed by atoms with E-state index in [0.29, 0.717) is 12.3 Å². The van der Waals surface area contributed by atoms with Gasteiger partial charge in [0.1, 0.15) is 0 Å². The van der Waals surface area contributed by atoms with Gasteiger partial charge in [-0.25, -0.2) is 0 Å². The van der Waals surface area contributed by atoms with E-state index in [4.69, 9.17) is 0 Å². The molecule has 0 saturated heterocycles. The monoisotopic (exact) mass is 225 g/mol. The molecule has 1 aromatic carbocycles. The molecule has 2 aromatic rings. The van der Waals surface area contributed by atoms with Gasteiger partial charge in [0, 0.05) is 28.6 Å². The van der Waals surface area contributed by atoms with Gasteiger partial charge in [-0.2, -0.15) is 0 Å². The molecule has 0 aliphatic heterocycles. The van der Waals surface area contributed by atoms with Crippen molar-refractivity contribution in [3.8, 4) is 0 Å². The Bertz CT molecular complexity index is 621. The molecule has 0 amide bonds. The van der Waals surface area contributed by atoms with Crippen molar-refractivity contribution in [2.45, 2.75) is 19.8 Å². The molecule has 1 atom stereocenters. The lowest BCUT2D eigenvalue weighted by molar-refractivity contribution is 0.0955. The molecule has 1 aromatic heterocycles. The first-order valence-electron chi connectivity index (χ1n) is 5.99. The van der Waals surface area contributed by atoms with Gasteiger partial charge in [-0.3, -0.25) is 4.79 Å². The second-order valence-corrected chi connectivity index (χ2v) is 4.92. The Balaban J connectivity index is 2.29. The second kappa shape index (κ2) is 3.59. The summed E-state index contributed by atoms with van der Waals surface area (Å²) in [5, 5.41) is 1.05. The molecule has 1 unspecified atom stereocenters. The van der Waals surface area contributed by atoms with Gasteiger partial charge in [0.25, 0.3) is 0 Å². The molecule has 86 valence electrons. The van der Waals surface area contributed by atoms with Crippen LogP contribution in [-0.2, 0) is 6.42 Å². The van der Waals surface area contributed by atoms with Crippen molar-refractivity contribution in [2.75, 3.05) is 0 Å². The van der Waals surface area contributed by atoms with E-state index in [0.717, 1.165) is 34.1 Å².